The molecule has 152 valence electrons. The van der Waals surface area contributed by atoms with Gasteiger partial charge in [-0.3, -0.25) is 0 Å². The molecule has 6 nitrogen and oxygen atoms in total. The molecule has 0 saturated carbocycles. The first-order valence-electron chi connectivity index (χ1n) is 9.16. The van der Waals surface area contributed by atoms with Crippen LogP contribution < -0.4 is 15.9 Å². The van der Waals surface area contributed by atoms with Gasteiger partial charge < -0.3 is 19.9 Å². The van der Waals surface area contributed by atoms with Crippen LogP contribution in [0.5, 0.6) is 0 Å². The Morgan fingerprint density at radius 1 is 1.07 bits per heavy atom. The third-order valence-corrected chi connectivity index (χ3v) is 6.11. The van der Waals surface area contributed by atoms with Gasteiger partial charge >= 0.3 is 0 Å². The van der Waals surface area contributed by atoms with E-state index in [4.69, 9.17) is 16.3 Å². The average Bonchev–Trinajstić information content (AvgIpc) is 2.69. The van der Waals surface area contributed by atoms with Gasteiger partial charge in [0.2, 0.25) is 5.95 Å². The van der Waals surface area contributed by atoms with Crippen LogP contribution in [0.4, 0.5) is 23.1 Å². The lowest BCUT2D eigenvalue weighted by Crippen LogP contribution is -2.10. The van der Waals surface area contributed by atoms with Crippen LogP contribution >= 0.6 is 18.7 Å². The Morgan fingerprint density at radius 3 is 2.48 bits per heavy atom. The van der Waals surface area contributed by atoms with E-state index in [0.717, 1.165) is 23.1 Å². The van der Waals surface area contributed by atoms with Gasteiger partial charge in [-0.2, -0.15) is 4.98 Å². The summed E-state index contributed by atoms with van der Waals surface area (Å²) < 4.78 is 17.7. The van der Waals surface area contributed by atoms with Gasteiger partial charge in [-0.25, -0.2) is 4.98 Å². The number of para-hydroxylation sites is 1. The molecule has 2 N–H and O–H groups in total. The molecule has 0 atom stereocenters. The first-order chi connectivity index (χ1) is 13.9. The van der Waals surface area contributed by atoms with Crippen molar-refractivity contribution in [3.8, 4) is 0 Å². The third kappa shape index (κ3) is 5.80. The number of nitrogens with zero attached hydrogens (tertiary/aromatic N) is 2. The number of ether oxygens (including phenoxy) is 1. The van der Waals surface area contributed by atoms with Gasteiger partial charge in [0, 0.05) is 18.1 Å². The number of halogens is 1. The van der Waals surface area contributed by atoms with Crippen molar-refractivity contribution in [3.05, 3.63) is 65.3 Å². The van der Waals surface area contributed by atoms with E-state index in [1.807, 2.05) is 48.5 Å². The zero-order valence-electron chi connectivity index (χ0n) is 16.6. The topological polar surface area (TPSA) is 76.1 Å². The normalized spacial score (nSPS) is 11.3. The van der Waals surface area contributed by atoms with Crippen molar-refractivity contribution < 1.29 is 9.30 Å². The fraction of sp³-hybridized carbons (Fsp3) is 0.238. The van der Waals surface area contributed by atoms with Gasteiger partial charge in [0.25, 0.3) is 0 Å². The summed E-state index contributed by atoms with van der Waals surface area (Å²) in [4.78, 5) is 8.73. The number of aromatic nitrogens is 2. The molecule has 0 saturated heterocycles. The number of anilines is 4. The number of rotatable bonds is 8. The summed E-state index contributed by atoms with van der Waals surface area (Å²) in [5, 5.41) is 7.50. The second kappa shape index (κ2) is 9.40. The van der Waals surface area contributed by atoms with Crippen LogP contribution in [0.2, 0.25) is 5.02 Å². The maximum absolute atomic E-state index is 12.6. The second-order valence-electron chi connectivity index (χ2n) is 6.95. The van der Waals surface area contributed by atoms with Crippen LogP contribution in [0.25, 0.3) is 0 Å². The minimum absolute atomic E-state index is 0.377. The Labute approximate surface area is 176 Å². The van der Waals surface area contributed by atoms with Crippen LogP contribution in [0.15, 0.2) is 54.7 Å². The van der Waals surface area contributed by atoms with Crippen molar-refractivity contribution in [3.63, 3.8) is 0 Å². The predicted molar refractivity (Wildman–Crippen MR) is 121 cm³/mol. The number of nitrogens with one attached hydrogen (secondary N) is 2. The van der Waals surface area contributed by atoms with Crippen molar-refractivity contribution >= 4 is 47.2 Å². The van der Waals surface area contributed by atoms with Gasteiger partial charge in [0.05, 0.1) is 18.5 Å². The summed E-state index contributed by atoms with van der Waals surface area (Å²) in [5.41, 5.74) is 2.78. The van der Waals surface area contributed by atoms with Crippen molar-refractivity contribution in [2.45, 2.75) is 6.42 Å². The number of benzene rings is 2. The Morgan fingerprint density at radius 2 is 1.79 bits per heavy atom. The number of hydrogen-bond acceptors (Lipinski definition) is 6. The Hall–Kier alpha value is -2.40. The SMILES string of the molecule is COCCc1ccc(Nc2ncc(Cl)c(Nc3ccccc3P(C)(C)=O)n2)cc1. The van der Waals surface area contributed by atoms with E-state index in [1.165, 1.54) is 11.8 Å². The highest BCUT2D eigenvalue weighted by molar-refractivity contribution is 7.70. The summed E-state index contributed by atoms with van der Waals surface area (Å²) in [7, 11) is -0.769. The molecule has 0 aliphatic carbocycles. The van der Waals surface area contributed by atoms with Crippen LogP contribution in [0.3, 0.4) is 0 Å². The summed E-state index contributed by atoms with van der Waals surface area (Å²) in [6.45, 7) is 4.16. The lowest BCUT2D eigenvalue weighted by Gasteiger charge is -2.15. The zero-order chi connectivity index (χ0) is 20.9. The molecule has 29 heavy (non-hydrogen) atoms. The van der Waals surface area contributed by atoms with E-state index < -0.39 is 7.14 Å². The Kier molecular flexibility index (Phi) is 6.91. The number of methoxy groups -OCH3 is 1. The largest absolute Gasteiger partial charge is 0.384 e. The first-order valence-corrected chi connectivity index (χ1v) is 12.1. The highest BCUT2D eigenvalue weighted by atomic mass is 35.5. The lowest BCUT2D eigenvalue weighted by atomic mass is 10.1. The van der Waals surface area contributed by atoms with Crippen molar-refractivity contribution in [1.29, 1.82) is 0 Å². The molecule has 3 rings (SSSR count). The van der Waals surface area contributed by atoms with Gasteiger partial charge in [0.1, 0.15) is 12.2 Å². The molecule has 2 aromatic carbocycles. The molecule has 0 amide bonds. The molecule has 0 aliphatic rings. The summed E-state index contributed by atoms with van der Waals surface area (Å²) in [6.07, 6.45) is 2.40. The van der Waals surface area contributed by atoms with Crippen molar-refractivity contribution in [2.75, 3.05) is 37.7 Å². The summed E-state index contributed by atoms with van der Waals surface area (Å²) >= 11 is 6.29. The van der Waals surface area contributed by atoms with E-state index >= 15 is 0 Å². The number of hydrogen-bond donors (Lipinski definition) is 2. The van der Waals surface area contributed by atoms with Crippen LogP contribution in [0, 0.1) is 0 Å². The lowest BCUT2D eigenvalue weighted by molar-refractivity contribution is 0.202. The molecule has 8 heteroatoms. The van der Waals surface area contributed by atoms with E-state index in [2.05, 4.69) is 20.6 Å². The van der Waals surface area contributed by atoms with Crippen molar-refractivity contribution in [1.82, 2.24) is 9.97 Å². The molecule has 0 unspecified atom stereocenters. The Bertz CT molecular complexity index is 1020. The summed E-state index contributed by atoms with van der Waals surface area (Å²) in [6, 6.07) is 15.5. The molecule has 1 heterocycles. The molecule has 3 aromatic rings. The molecule has 0 aliphatic heterocycles. The van der Waals surface area contributed by atoms with Gasteiger partial charge in [-0.15, -0.1) is 0 Å². The molecular weight excluding hydrogens is 407 g/mol. The third-order valence-electron chi connectivity index (χ3n) is 4.29. The van der Waals surface area contributed by atoms with Gasteiger partial charge in [-0.05, 0) is 49.6 Å². The quantitative estimate of drug-likeness (QED) is 0.487. The smallest absolute Gasteiger partial charge is 0.229 e. The van der Waals surface area contributed by atoms with E-state index in [9.17, 15) is 4.57 Å². The van der Waals surface area contributed by atoms with Crippen molar-refractivity contribution in [2.24, 2.45) is 0 Å². The van der Waals surface area contributed by atoms with Crippen LogP contribution in [-0.4, -0.2) is 37.0 Å². The molecule has 0 bridgehead atoms. The average molecular weight is 431 g/mol. The van der Waals surface area contributed by atoms with Crippen LogP contribution in [0.1, 0.15) is 5.56 Å². The van der Waals surface area contributed by atoms with Crippen LogP contribution in [-0.2, 0) is 15.7 Å². The highest BCUT2D eigenvalue weighted by Gasteiger charge is 2.17. The fourth-order valence-electron chi connectivity index (χ4n) is 2.80. The predicted octanol–water partition coefficient (Wildman–Crippen LogP) is 5.05. The molecule has 0 fully saturated rings. The first kappa shape index (κ1) is 21.3. The molecular formula is C21H24ClN4O2P. The Balaban J connectivity index is 1.80. The monoisotopic (exact) mass is 430 g/mol. The fourth-order valence-corrected chi connectivity index (χ4v) is 4.09. The van der Waals surface area contributed by atoms with Gasteiger partial charge in [0.15, 0.2) is 5.82 Å². The molecule has 0 spiro atoms. The maximum Gasteiger partial charge on any atom is 0.229 e. The highest BCUT2D eigenvalue weighted by Crippen LogP contribution is 2.38. The second-order valence-corrected chi connectivity index (χ2v) is 10.5. The zero-order valence-corrected chi connectivity index (χ0v) is 18.3. The maximum atomic E-state index is 12.6. The standard InChI is InChI=1S/C21H24ClN4O2P/c1-28-13-12-15-8-10-16(11-9-15)24-21-23-14-17(22)20(26-21)25-18-6-4-5-7-19(18)29(2,3)27/h4-11,14H,12-13H2,1-3H3,(H2,23,24,25,26). The summed E-state index contributed by atoms with van der Waals surface area (Å²) in [5.74, 6) is 0.858. The minimum atomic E-state index is -2.46. The molecule has 1 aromatic heterocycles. The minimum Gasteiger partial charge on any atom is -0.384 e. The van der Waals surface area contributed by atoms with E-state index in [0.29, 0.717) is 23.4 Å². The van der Waals surface area contributed by atoms with E-state index in [1.54, 1.807) is 20.4 Å². The molecule has 0 radical (unpaired) electrons. The van der Waals surface area contributed by atoms with Gasteiger partial charge in [-0.1, -0.05) is 35.9 Å². The van der Waals surface area contributed by atoms with E-state index in [-0.39, 0.29) is 0 Å².